The molecular weight excluding hydrogens is 586 g/mol. The van der Waals surface area contributed by atoms with Crippen molar-refractivity contribution in [3.8, 4) is 0 Å². The fourth-order valence-electron chi connectivity index (χ4n) is 4.61. The second-order valence-corrected chi connectivity index (χ2v) is 10.9. The van der Waals surface area contributed by atoms with E-state index in [2.05, 4.69) is 0 Å². The molecule has 44 heavy (non-hydrogen) atoms. The molecule has 1 saturated heterocycles. The van der Waals surface area contributed by atoms with Crippen LogP contribution in [-0.2, 0) is 28.8 Å². The molecule has 0 saturated carbocycles. The van der Waals surface area contributed by atoms with Crippen molar-refractivity contribution in [1.29, 1.82) is 0 Å². The Bertz CT molecular complexity index is 923. The van der Waals surface area contributed by atoms with E-state index in [1.54, 1.807) is 38.6 Å². The summed E-state index contributed by atoms with van der Waals surface area (Å²) in [5.74, 6) is -5.61. The number of amides is 1. The van der Waals surface area contributed by atoms with Crippen LogP contribution < -0.4 is 0 Å². The lowest BCUT2D eigenvalue weighted by Crippen LogP contribution is -2.50. The zero-order valence-corrected chi connectivity index (χ0v) is 25.5. The Labute approximate surface area is 256 Å². The van der Waals surface area contributed by atoms with Crippen LogP contribution in [0.15, 0.2) is 0 Å². The molecule has 0 aromatic rings. The summed E-state index contributed by atoms with van der Waals surface area (Å²) in [5.41, 5.74) is 0. The first-order chi connectivity index (χ1) is 20.6. The molecule has 0 aliphatic carbocycles. The fourth-order valence-corrected chi connectivity index (χ4v) is 4.61. The van der Waals surface area contributed by atoms with Crippen molar-refractivity contribution in [3.63, 3.8) is 0 Å². The molecule has 1 rings (SSSR count). The van der Waals surface area contributed by atoms with Gasteiger partial charge in [0.15, 0.2) is 0 Å². The van der Waals surface area contributed by atoms with Crippen molar-refractivity contribution < 1.29 is 54.3 Å². The number of carboxylic acids is 5. The van der Waals surface area contributed by atoms with Gasteiger partial charge in [0.2, 0.25) is 5.91 Å². The number of hydrogen-bond acceptors (Lipinski definition) is 12. The molecule has 18 heteroatoms. The van der Waals surface area contributed by atoms with Crippen LogP contribution in [0.5, 0.6) is 0 Å². The summed E-state index contributed by atoms with van der Waals surface area (Å²) in [4.78, 5) is 81.1. The van der Waals surface area contributed by atoms with E-state index in [4.69, 9.17) is 10.2 Å². The summed E-state index contributed by atoms with van der Waals surface area (Å²) in [5, 5.41) is 46.0. The summed E-state index contributed by atoms with van der Waals surface area (Å²) >= 11 is 0. The molecule has 1 aliphatic rings. The summed E-state index contributed by atoms with van der Waals surface area (Å²) in [6.07, 6.45) is 0. The van der Waals surface area contributed by atoms with Crippen LogP contribution in [0.2, 0.25) is 0 Å². The van der Waals surface area contributed by atoms with Crippen LogP contribution >= 0.6 is 0 Å². The van der Waals surface area contributed by atoms with Gasteiger partial charge >= 0.3 is 29.8 Å². The maximum atomic E-state index is 13.3. The van der Waals surface area contributed by atoms with Crippen molar-refractivity contribution >= 4 is 35.8 Å². The molecule has 252 valence electrons. The van der Waals surface area contributed by atoms with Gasteiger partial charge < -0.3 is 35.3 Å². The van der Waals surface area contributed by atoms with Gasteiger partial charge in [-0.05, 0) is 14.1 Å². The summed E-state index contributed by atoms with van der Waals surface area (Å²) in [6.45, 7) is 1.95. The molecule has 1 amide bonds. The highest BCUT2D eigenvalue weighted by atomic mass is 16.4. The second-order valence-electron chi connectivity index (χ2n) is 10.9. The van der Waals surface area contributed by atoms with E-state index in [-0.39, 0.29) is 91.0 Å². The summed E-state index contributed by atoms with van der Waals surface area (Å²) in [7, 11) is 3.56. The first-order valence-electron chi connectivity index (χ1n) is 14.3. The fraction of sp³-hybridized carbons (Fsp3) is 0.769. The smallest absolute Gasteiger partial charge is 0.317 e. The number of aliphatic carboxylic acids is 5. The first-order valence-corrected chi connectivity index (χ1v) is 14.3. The van der Waals surface area contributed by atoms with Crippen LogP contribution in [0.4, 0.5) is 0 Å². The molecule has 1 aliphatic heterocycles. The van der Waals surface area contributed by atoms with Crippen LogP contribution in [0.3, 0.4) is 0 Å². The Balaban J connectivity index is 2.83. The maximum absolute atomic E-state index is 13.3. The summed E-state index contributed by atoms with van der Waals surface area (Å²) < 4.78 is 0. The van der Waals surface area contributed by atoms with Crippen LogP contribution in [0.1, 0.15) is 0 Å². The molecule has 0 aromatic heterocycles. The lowest BCUT2D eigenvalue weighted by atomic mass is 10.3. The van der Waals surface area contributed by atoms with Gasteiger partial charge in [0, 0.05) is 78.5 Å². The largest absolute Gasteiger partial charge is 0.480 e. The Morgan fingerprint density at radius 3 is 1.18 bits per heavy atom. The predicted octanol–water partition coefficient (Wildman–Crippen LogP) is -3.68. The minimum atomic E-state index is -1.12. The van der Waals surface area contributed by atoms with Gasteiger partial charge in [0.25, 0.3) is 0 Å². The van der Waals surface area contributed by atoms with Gasteiger partial charge in [-0.15, -0.1) is 0 Å². The van der Waals surface area contributed by atoms with E-state index in [0.717, 1.165) is 0 Å². The van der Waals surface area contributed by atoms with Gasteiger partial charge in [-0.2, -0.15) is 0 Å². The van der Waals surface area contributed by atoms with Crippen molar-refractivity contribution in [2.75, 3.05) is 132 Å². The van der Waals surface area contributed by atoms with E-state index < -0.39 is 42.9 Å². The third-order valence-electron chi connectivity index (χ3n) is 7.05. The average molecular weight is 634 g/mol. The highest BCUT2D eigenvalue weighted by molar-refractivity contribution is 5.78. The van der Waals surface area contributed by atoms with Gasteiger partial charge in [0.1, 0.15) is 0 Å². The molecule has 0 bridgehead atoms. The van der Waals surface area contributed by atoms with Gasteiger partial charge in [-0.25, -0.2) is 0 Å². The van der Waals surface area contributed by atoms with Crippen molar-refractivity contribution in [3.05, 3.63) is 0 Å². The average Bonchev–Trinajstić information content (AvgIpc) is 2.89. The second kappa shape index (κ2) is 20.5. The maximum Gasteiger partial charge on any atom is 0.317 e. The van der Waals surface area contributed by atoms with E-state index >= 15 is 0 Å². The molecule has 5 N–H and O–H groups in total. The Hall–Kier alpha value is -3.42. The van der Waals surface area contributed by atoms with E-state index in [1.807, 2.05) is 4.90 Å². The standard InChI is InChI=1S/C26H47N7O11/c1-27(5-6-32(19-25(41)42)20-26(43)44)3-4-28(2)15-21(34)33-13-11-30(17-23(37)38)9-7-29(16-22(35)36)8-10-31(12-14-33)18-24(39)40/h3-20H2,1-2H3,(H,35,36)(H,37,38)(H,39,40)(H,41,42)(H,43,44). The number of likely N-dealkylation sites (N-methyl/N-ethyl adjacent to an activating group) is 2. The van der Waals surface area contributed by atoms with E-state index in [1.165, 1.54) is 4.90 Å². The predicted molar refractivity (Wildman–Crippen MR) is 156 cm³/mol. The van der Waals surface area contributed by atoms with Crippen molar-refractivity contribution in [2.45, 2.75) is 0 Å². The normalized spacial score (nSPS) is 16.5. The molecule has 0 spiro atoms. The molecule has 1 heterocycles. The topological polar surface area (TPSA) is 226 Å². The molecule has 0 radical (unpaired) electrons. The molecule has 0 unspecified atom stereocenters. The number of nitrogens with zero attached hydrogens (tertiary/aromatic N) is 7. The minimum absolute atomic E-state index is 0.0439. The first kappa shape index (κ1) is 38.6. The summed E-state index contributed by atoms with van der Waals surface area (Å²) in [6, 6.07) is 0. The zero-order valence-electron chi connectivity index (χ0n) is 25.5. The van der Waals surface area contributed by atoms with Gasteiger partial charge in [0.05, 0.1) is 39.3 Å². The SMILES string of the molecule is CN(CCN(C)CC(=O)N1CCN(CC(=O)O)CCN(CC(=O)O)CCN(CC(=O)O)CC1)CCN(CC(=O)O)CC(=O)O. The quantitative estimate of drug-likeness (QED) is 0.0979. The monoisotopic (exact) mass is 633 g/mol. The molecule has 0 atom stereocenters. The Morgan fingerprint density at radius 2 is 0.818 bits per heavy atom. The highest BCUT2D eigenvalue weighted by Crippen LogP contribution is 2.03. The van der Waals surface area contributed by atoms with Gasteiger partial charge in [-0.1, -0.05) is 0 Å². The van der Waals surface area contributed by atoms with Crippen LogP contribution in [-0.4, -0.2) is 227 Å². The van der Waals surface area contributed by atoms with Gasteiger partial charge in [-0.3, -0.25) is 53.3 Å². The molecule has 1 fully saturated rings. The Kier molecular flexibility index (Phi) is 18.0. The highest BCUT2D eigenvalue weighted by Gasteiger charge is 2.23. The lowest BCUT2D eigenvalue weighted by molar-refractivity contribution is -0.142. The molecular formula is C26H47N7O11. The number of carboxylic acid groups (broad SMARTS) is 5. The van der Waals surface area contributed by atoms with Crippen LogP contribution in [0, 0.1) is 0 Å². The zero-order chi connectivity index (χ0) is 33.2. The van der Waals surface area contributed by atoms with Crippen molar-refractivity contribution in [1.82, 2.24) is 34.3 Å². The number of carbonyl (C=O) groups is 6. The minimum Gasteiger partial charge on any atom is -0.480 e. The number of carbonyl (C=O) groups excluding carboxylic acids is 1. The molecule has 0 aromatic carbocycles. The number of rotatable bonds is 18. The van der Waals surface area contributed by atoms with Crippen molar-refractivity contribution in [2.24, 2.45) is 0 Å². The van der Waals surface area contributed by atoms with Crippen LogP contribution in [0.25, 0.3) is 0 Å². The number of hydrogen-bond donors (Lipinski definition) is 5. The molecule has 18 nitrogen and oxygen atoms in total. The third-order valence-corrected chi connectivity index (χ3v) is 7.05. The lowest BCUT2D eigenvalue weighted by Gasteiger charge is -2.33. The van der Waals surface area contributed by atoms with E-state index in [9.17, 15) is 44.1 Å². The van der Waals surface area contributed by atoms with E-state index in [0.29, 0.717) is 19.6 Å². The third kappa shape index (κ3) is 18.3. The Morgan fingerprint density at radius 1 is 0.477 bits per heavy atom.